The van der Waals surface area contributed by atoms with E-state index in [9.17, 15) is 5.11 Å². The number of ether oxygens (including phenoxy) is 1. The largest absolute Gasteiger partial charge is 0.493 e. The van der Waals surface area contributed by atoms with Gasteiger partial charge in [0.25, 0.3) is 0 Å². The van der Waals surface area contributed by atoms with Gasteiger partial charge >= 0.3 is 0 Å². The first kappa shape index (κ1) is 17.3. The molecule has 0 saturated carbocycles. The average Bonchev–Trinajstić information content (AvgIpc) is 2.45. The Labute approximate surface area is 128 Å². The van der Waals surface area contributed by atoms with Crippen molar-refractivity contribution in [2.45, 2.75) is 52.1 Å². The zero-order valence-electron chi connectivity index (χ0n) is 12.6. The predicted octanol–water partition coefficient (Wildman–Crippen LogP) is 4.42. The molecule has 0 amide bonds. The van der Waals surface area contributed by atoms with Crippen LogP contribution in [0.25, 0.3) is 0 Å². The lowest BCUT2D eigenvalue weighted by atomic mass is 9.99. The van der Waals surface area contributed by atoms with E-state index in [2.05, 4.69) is 13.8 Å². The molecule has 0 aliphatic carbocycles. The number of benzene rings is 1. The number of rotatable bonds is 10. The lowest BCUT2D eigenvalue weighted by molar-refractivity contribution is 0.198. The Morgan fingerprint density at radius 1 is 1.20 bits per heavy atom. The average molecular weight is 299 g/mol. The van der Waals surface area contributed by atoms with Gasteiger partial charge in [-0.05, 0) is 42.9 Å². The fourth-order valence-corrected chi connectivity index (χ4v) is 2.54. The number of hydrogen-bond donors (Lipinski definition) is 1. The topological polar surface area (TPSA) is 29.5 Å². The van der Waals surface area contributed by atoms with Crippen molar-refractivity contribution in [2.24, 2.45) is 5.92 Å². The summed E-state index contributed by atoms with van der Waals surface area (Å²) in [6.45, 7) is 5.22. The van der Waals surface area contributed by atoms with E-state index in [4.69, 9.17) is 16.3 Å². The molecule has 0 unspecified atom stereocenters. The van der Waals surface area contributed by atoms with Crippen molar-refractivity contribution in [3.05, 3.63) is 29.8 Å². The van der Waals surface area contributed by atoms with Crippen LogP contribution >= 0.6 is 11.6 Å². The van der Waals surface area contributed by atoms with Crippen LogP contribution in [-0.4, -0.2) is 23.7 Å². The summed E-state index contributed by atoms with van der Waals surface area (Å²) in [6, 6.07) is 7.95. The molecule has 0 aromatic heterocycles. The summed E-state index contributed by atoms with van der Waals surface area (Å²) >= 11 is 5.63. The minimum Gasteiger partial charge on any atom is -0.493 e. The smallest absolute Gasteiger partial charge is 0.119 e. The molecule has 0 saturated heterocycles. The second-order valence-electron chi connectivity index (χ2n) is 5.41. The summed E-state index contributed by atoms with van der Waals surface area (Å²) in [5, 5.41) is 9.59. The third-order valence-electron chi connectivity index (χ3n) is 3.43. The summed E-state index contributed by atoms with van der Waals surface area (Å²) in [7, 11) is 0. The number of aliphatic hydroxyl groups excluding tert-OH is 1. The van der Waals surface area contributed by atoms with Gasteiger partial charge in [-0.2, -0.15) is 0 Å². The van der Waals surface area contributed by atoms with Crippen LogP contribution in [0.4, 0.5) is 0 Å². The van der Waals surface area contributed by atoms with Crippen molar-refractivity contribution >= 4 is 11.6 Å². The van der Waals surface area contributed by atoms with Gasteiger partial charge in [0.05, 0.1) is 12.7 Å². The monoisotopic (exact) mass is 298 g/mol. The summed E-state index contributed by atoms with van der Waals surface area (Å²) in [5.41, 5.74) is 1.07. The third-order valence-corrected chi connectivity index (χ3v) is 3.78. The van der Waals surface area contributed by atoms with Gasteiger partial charge in [0, 0.05) is 5.88 Å². The molecule has 2 nitrogen and oxygen atoms in total. The van der Waals surface area contributed by atoms with Crippen LogP contribution in [0.5, 0.6) is 5.75 Å². The Kier molecular flexibility index (Phi) is 8.72. The molecule has 0 aliphatic heterocycles. The normalized spacial score (nSPS) is 12.7. The third kappa shape index (κ3) is 6.62. The van der Waals surface area contributed by atoms with Crippen LogP contribution < -0.4 is 4.74 Å². The quantitative estimate of drug-likeness (QED) is 0.648. The minimum atomic E-state index is -0.486. The number of halogens is 1. The fourth-order valence-electron chi connectivity index (χ4n) is 2.43. The molecular formula is C17H27ClO2. The van der Waals surface area contributed by atoms with E-state index in [0.29, 0.717) is 12.3 Å². The molecule has 20 heavy (non-hydrogen) atoms. The molecule has 0 aliphatic rings. The molecular weight excluding hydrogens is 272 g/mol. The highest BCUT2D eigenvalue weighted by Gasteiger charge is 2.09. The van der Waals surface area contributed by atoms with Crippen LogP contribution in [-0.2, 0) is 6.42 Å². The SMILES string of the molecule is CCCC(CCC)COc1cccc(C[C@@H](O)CCl)c1. The van der Waals surface area contributed by atoms with Gasteiger partial charge in [-0.3, -0.25) is 0 Å². The van der Waals surface area contributed by atoms with E-state index in [0.717, 1.165) is 17.9 Å². The Morgan fingerprint density at radius 3 is 2.50 bits per heavy atom. The maximum atomic E-state index is 9.59. The van der Waals surface area contributed by atoms with E-state index in [-0.39, 0.29) is 5.88 Å². The minimum absolute atomic E-state index is 0.264. The maximum Gasteiger partial charge on any atom is 0.119 e. The molecule has 1 N–H and O–H groups in total. The molecule has 0 radical (unpaired) electrons. The molecule has 1 atom stereocenters. The Hall–Kier alpha value is -0.730. The van der Waals surface area contributed by atoms with Crippen molar-refractivity contribution in [1.82, 2.24) is 0 Å². The van der Waals surface area contributed by atoms with E-state index < -0.39 is 6.10 Å². The summed E-state index contributed by atoms with van der Waals surface area (Å²) in [6.07, 6.45) is 4.94. The Morgan fingerprint density at radius 2 is 1.90 bits per heavy atom. The highest BCUT2D eigenvalue weighted by Crippen LogP contribution is 2.19. The second-order valence-corrected chi connectivity index (χ2v) is 5.72. The van der Waals surface area contributed by atoms with Crippen molar-refractivity contribution in [3.8, 4) is 5.75 Å². The molecule has 0 fully saturated rings. The first-order chi connectivity index (χ1) is 9.69. The second kappa shape index (κ2) is 10.1. The first-order valence-corrected chi connectivity index (χ1v) is 8.18. The summed E-state index contributed by atoms with van der Waals surface area (Å²) in [5.74, 6) is 1.80. The molecule has 1 aromatic carbocycles. The molecule has 0 heterocycles. The summed E-state index contributed by atoms with van der Waals surface area (Å²) < 4.78 is 5.91. The van der Waals surface area contributed by atoms with Gasteiger partial charge in [-0.1, -0.05) is 38.8 Å². The molecule has 114 valence electrons. The fraction of sp³-hybridized carbons (Fsp3) is 0.647. The predicted molar refractivity (Wildman–Crippen MR) is 85.7 cm³/mol. The molecule has 3 heteroatoms. The van der Waals surface area contributed by atoms with E-state index in [1.165, 1.54) is 25.7 Å². The molecule has 1 rings (SSSR count). The lowest BCUT2D eigenvalue weighted by Gasteiger charge is -2.17. The van der Waals surface area contributed by atoms with Crippen molar-refractivity contribution in [2.75, 3.05) is 12.5 Å². The van der Waals surface area contributed by atoms with Crippen molar-refractivity contribution < 1.29 is 9.84 Å². The Bertz CT molecular complexity index is 362. The van der Waals surface area contributed by atoms with Crippen LogP contribution in [0, 0.1) is 5.92 Å². The first-order valence-electron chi connectivity index (χ1n) is 7.65. The van der Waals surface area contributed by atoms with Crippen LogP contribution in [0.3, 0.4) is 0 Å². The van der Waals surface area contributed by atoms with Crippen molar-refractivity contribution in [1.29, 1.82) is 0 Å². The summed E-state index contributed by atoms with van der Waals surface area (Å²) in [4.78, 5) is 0. The van der Waals surface area contributed by atoms with E-state index in [1.54, 1.807) is 0 Å². The van der Waals surface area contributed by atoms with Crippen LogP contribution in [0.15, 0.2) is 24.3 Å². The lowest BCUT2D eigenvalue weighted by Crippen LogP contribution is -2.13. The van der Waals surface area contributed by atoms with Gasteiger partial charge in [-0.25, -0.2) is 0 Å². The molecule has 0 bridgehead atoms. The number of hydrogen-bond acceptors (Lipinski definition) is 2. The van der Waals surface area contributed by atoms with Crippen LogP contribution in [0.1, 0.15) is 45.1 Å². The Balaban J connectivity index is 2.52. The van der Waals surface area contributed by atoms with Gasteiger partial charge < -0.3 is 9.84 Å². The highest BCUT2D eigenvalue weighted by molar-refractivity contribution is 6.18. The standard InChI is InChI=1S/C17H27ClO2/c1-3-6-14(7-4-2)13-20-17-9-5-8-15(11-17)10-16(19)12-18/h5,8-9,11,14,16,19H,3-4,6-7,10,12-13H2,1-2H3/t16-/m1/s1. The maximum absolute atomic E-state index is 9.59. The highest BCUT2D eigenvalue weighted by atomic mass is 35.5. The number of alkyl halides is 1. The van der Waals surface area contributed by atoms with E-state index in [1.807, 2.05) is 24.3 Å². The van der Waals surface area contributed by atoms with Gasteiger partial charge in [-0.15, -0.1) is 11.6 Å². The molecule has 1 aromatic rings. The van der Waals surface area contributed by atoms with Crippen molar-refractivity contribution in [3.63, 3.8) is 0 Å². The van der Waals surface area contributed by atoms with Gasteiger partial charge in [0.15, 0.2) is 0 Å². The van der Waals surface area contributed by atoms with Gasteiger partial charge in [0.2, 0.25) is 0 Å². The van der Waals surface area contributed by atoms with Gasteiger partial charge in [0.1, 0.15) is 5.75 Å². The van der Waals surface area contributed by atoms with E-state index >= 15 is 0 Å². The zero-order chi connectivity index (χ0) is 14.8. The molecule has 0 spiro atoms. The van der Waals surface area contributed by atoms with Crippen LogP contribution in [0.2, 0.25) is 0 Å². The zero-order valence-corrected chi connectivity index (χ0v) is 13.4. The number of aliphatic hydroxyl groups is 1.